The summed E-state index contributed by atoms with van der Waals surface area (Å²) in [7, 11) is 0. The Hall–Kier alpha value is -2.21. The molecule has 1 aliphatic heterocycles. The Labute approximate surface area is 141 Å². The average molecular weight is 325 g/mol. The van der Waals surface area contributed by atoms with Crippen LogP contribution < -0.4 is 5.73 Å². The van der Waals surface area contributed by atoms with Gasteiger partial charge in [0.1, 0.15) is 11.6 Å². The normalized spacial score (nSPS) is 24.3. The first-order chi connectivity index (χ1) is 11.6. The summed E-state index contributed by atoms with van der Waals surface area (Å²) in [6, 6.07) is 7.81. The molecule has 126 valence electrons. The summed E-state index contributed by atoms with van der Waals surface area (Å²) in [5.74, 6) is 2.48. The van der Waals surface area contributed by atoms with Gasteiger partial charge in [0, 0.05) is 37.5 Å². The lowest BCUT2D eigenvalue weighted by Crippen LogP contribution is -2.49. The van der Waals surface area contributed by atoms with Crippen LogP contribution in [0.3, 0.4) is 0 Å². The van der Waals surface area contributed by atoms with Gasteiger partial charge in [0.2, 0.25) is 5.91 Å². The molecule has 1 aliphatic carbocycles. The highest BCUT2D eigenvalue weighted by Gasteiger charge is 2.41. The van der Waals surface area contributed by atoms with Crippen LogP contribution in [0.5, 0.6) is 0 Å². The monoisotopic (exact) mass is 325 g/mol. The maximum atomic E-state index is 12.3. The fraction of sp³-hybridized carbons (Fsp3) is 0.500. The summed E-state index contributed by atoms with van der Waals surface area (Å²) < 4.78 is 0. The van der Waals surface area contributed by atoms with E-state index in [4.69, 9.17) is 5.73 Å². The number of hydrogen-bond acceptors (Lipinski definition) is 5. The lowest BCUT2D eigenvalue weighted by Gasteiger charge is -2.34. The van der Waals surface area contributed by atoms with Crippen LogP contribution in [0, 0.1) is 11.8 Å². The average Bonchev–Trinajstić information content (AvgIpc) is 3.32. The third-order valence-corrected chi connectivity index (χ3v) is 5.15. The van der Waals surface area contributed by atoms with Crippen LogP contribution in [0.2, 0.25) is 0 Å². The SMILES string of the molecule is CC1CC1C(=O)N1CCN(Cc2nc(N)c3ccccc3n2)CC1. The summed E-state index contributed by atoms with van der Waals surface area (Å²) in [6.07, 6.45) is 1.06. The highest BCUT2D eigenvalue weighted by atomic mass is 16.2. The number of benzene rings is 1. The molecule has 2 aromatic rings. The van der Waals surface area contributed by atoms with Crippen molar-refractivity contribution in [2.45, 2.75) is 19.9 Å². The quantitative estimate of drug-likeness (QED) is 0.926. The van der Waals surface area contributed by atoms with Crippen molar-refractivity contribution in [3.63, 3.8) is 0 Å². The van der Waals surface area contributed by atoms with Crippen molar-refractivity contribution in [2.75, 3.05) is 31.9 Å². The largest absolute Gasteiger partial charge is 0.383 e. The van der Waals surface area contributed by atoms with Gasteiger partial charge in [0.05, 0.1) is 12.1 Å². The number of nitrogen functional groups attached to an aromatic ring is 1. The molecule has 24 heavy (non-hydrogen) atoms. The minimum absolute atomic E-state index is 0.278. The third-order valence-electron chi connectivity index (χ3n) is 5.15. The second-order valence-corrected chi connectivity index (χ2v) is 6.96. The number of amides is 1. The molecule has 0 radical (unpaired) electrons. The molecule has 0 spiro atoms. The van der Waals surface area contributed by atoms with Crippen LogP contribution in [0.1, 0.15) is 19.2 Å². The molecule has 1 aromatic heterocycles. The number of nitrogens with zero attached hydrogens (tertiary/aromatic N) is 4. The number of carbonyl (C=O) groups excluding carboxylic acids is 1. The second kappa shape index (κ2) is 6.02. The van der Waals surface area contributed by atoms with Crippen LogP contribution in [-0.2, 0) is 11.3 Å². The molecule has 1 aromatic carbocycles. The molecule has 6 nitrogen and oxygen atoms in total. The molecule has 2 N–H and O–H groups in total. The first kappa shape index (κ1) is 15.3. The standard InChI is InChI=1S/C18H23N5O/c1-12-10-14(12)18(24)23-8-6-22(7-9-23)11-16-20-15-5-3-2-4-13(15)17(19)21-16/h2-5,12,14H,6-11H2,1H3,(H2,19,20,21). The van der Waals surface area contributed by atoms with Gasteiger partial charge in [-0.05, 0) is 24.5 Å². The van der Waals surface area contributed by atoms with E-state index in [1.54, 1.807) is 0 Å². The molecule has 2 fully saturated rings. The predicted octanol–water partition coefficient (Wildman–Crippen LogP) is 1.51. The van der Waals surface area contributed by atoms with E-state index in [-0.39, 0.29) is 5.92 Å². The molecule has 1 saturated heterocycles. The zero-order valence-electron chi connectivity index (χ0n) is 14.0. The van der Waals surface area contributed by atoms with Crippen molar-refractivity contribution in [3.05, 3.63) is 30.1 Å². The van der Waals surface area contributed by atoms with E-state index in [9.17, 15) is 4.79 Å². The van der Waals surface area contributed by atoms with E-state index >= 15 is 0 Å². The molecule has 4 rings (SSSR count). The lowest BCUT2D eigenvalue weighted by atomic mass is 10.2. The first-order valence-corrected chi connectivity index (χ1v) is 8.64. The van der Waals surface area contributed by atoms with Gasteiger partial charge < -0.3 is 10.6 Å². The number of nitrogens with two attached hydrogens (primary N) is 1. The molecule has 1 amide bonds. The molecule has 1 saturated carbocycles. The molecule has 2 atom stereocenters. The zero-order chi connectivity index (χ0) is 16.7. The zero-order valence-corrected chi connectivity index (χ0v) is 14.0. The topological polar surface area (TPSA) is 75.4 Å². The van der Waals surface area contributed by atoms with Gasteiger partial charge in [0.25, 0.3) is 0 Å². The highest BCUT2D eigenvalue weighted by molar-refractivity contribution is 5.87. The summed E-state index contributed by atoms with van der Waals surface area (Å²) in [6.45, 7) is 6.15. The number of hydrogen-bond donors (Lipinski definition) is 1. The van der Waals surface area contributed by atoms with Crippen LogP contribution in [0.25, 0.3) is 10.9 Å². The molecule has 0 bridgehead atoms. The van der Waals surface area contributed by atoms with Gasteiger partial charge in [-0.1, -0.05) is 19.1 Å². The molecule has 2 unspecified atom stereocenters. The van der Waals surface area contributed by atoms with E-state index in [0.717, 1.165) is 49.3 Å². The fourth-order valence-electron chi connectivity index (χ4n) is 3.45. The minimum Gasteiger partial charge on any atom is -0.383 e. The number of piperazine rings is 1. The number of para-hydroxylation sites is 1. The summed E-state index contributed by atoms with van der Waals surface area (Å²) in [5.41, 5.74) is 6.94. The summed E-state index contributed by atoms with van der Waals surface area (Å²) in [4.78, 5) is 25.7. The van der Waals surface area contributed by atoms with Crippen molar-refractivity contribution in [1.82, 2.24) is 19.8 Å². The maximum absolute atomic E-state index is 12.3. The van der Waals surface area contributed by atoms with E-state index in [0.29, 0.717) is 24.2 Å². The molecular weight excluding hydrogens is 302 g/mol. The number of carbonyl (C=O) groups is 1. The Morgan fingerprint density at radius 3 is 2.62 bits per heavy atom. The number of anilines is 1. The number of fused-ring (bicyclic) bond motifs is 1. The van der Waals surface area contributed by atoms with Gasteiger partial charge in [0.15, 0.2) is 0 Å². The van der Waals surface area contributed by atoms with Gasteiger partial charge in [-0.15, -0.1) is 0 Å². The van der Waals surface area contributed by atoms with Crippen molar-refractivity contribution < 1.29 is 4.79 Å². The van der Waals surface area contributed by atoms with E-state index in [2.05, 4.69) is 21.8 Å². The second-order valence-electron chi connectivity index (χ2n) is 6.96. The van der Waals surface area contributed by atoms with Crippen LogP contribution in [0.4, 0.5) is 5.82 Å². The minimum atomic E-state index is 0.278. The van der Waals surface area contributed by atoms with Crippen molar-refractivity contribution in [1.29, 1.82) is 0 Å². The van der Waals surface area contributed by atoms with E-state index in [1.165, 1.54) is 0 Å². The van der Waals surface area contributed by atoms with E-state index in [1.807, 2.05) is 29.2 Å². The summed E-state index contributed by atoms with van der Waals surface area (Å²) >= 11 is 0. The lowest BCUT2D eigenvalue weighted by molar-refractivity contribution is -0.134. The van der Waals surface area contributed by atoms with Crippen molar-refractivity contribution in [2.24, 2.45) is 11.8 Å². The Kier molecular flexibility index (Phi) is 3.84. The smallest absolute Gasteiger partial charge is 0.226 e. The first-order valence-electron chi connectivity index (χ1n) is 8.64. The van der Waals surface area contributed by atoms with Crippen LogP contribution in [0.15, 0.2) is 24.3 Å². The predicted molar refractivity (Wildman–Crippen MR) is 93.1 cm³/mol. The van der Waals surface area contributed by atoms with E-state index < -0.39 is 0 Å². The van der Waals surface area contributed by atoms with Crippen LogP contribution >= 0.6 is 0 Å². The van der Waals surface area contributed by atoms with Crippen LogP contribution in [-0.4, -0.2) is 51.9 Å². The number of rotatable bonds is 3. The Balaban J connectivity index is 1.39. The number of aromatic nitrogens is 2. The molecule has 6 heteroatoms. The molecular formula is C18H23N5O. The summed E-state index contributed by atoms with van der Waals surface area (Å²) in [5, 5.41) is 0.898. The van der Waals surface area contributed by atoms with Crippen molar-refractivity contribution in [3.8, 4) is 0 Å². The molecule has 2 aliphatic rings. The third kappa shape index (κ3) is 2.94. The van der Waals surface area contributed by atoms with Gasteiger partial charge >= 0.3 is 0 Å². The Morgan fingerprint density at radius 1 is 1.21 bits per heavy atom. The Bertz CT molecular complexity index is 769. The maximum Gasteiger partial charge on any atom is 0.226 e. The Morgan fingerprint density at radius 2 is 1.92 bits per heavy atom. The van der Waals surface area contributed by atoms with Gasteiger partial charge in [-0.25, -0.2) is 9.97 Å². The van der Waals surface area contributed by atoms with Gasteiger partial charge in [-0.2, -0.15) is 0 Å². The highest BCUT2D eigenvalue weighted by Crippen LogP contribution is 2.39. The molecule has 2 heterocycles. The fourth-order valence-corrected chi connectivity index (χ4v) is 3.45. The van der Waals surface area contributed by atoms with Gasteiger partial charge in [-0.3, -0.25) is 9.69 Å². The van der Waals surface area contributed by atoms with Crippen molar-refractivity contribution >= 4 is 22.6 Å².